The Morgan fingerprint density at radius 1 is 1.47 bits per heavy atom. The molecule has 1 aromatic carbocycles. The molecule has 2 N–H and O–H groups in total. The molecule has 4 heteroatoms. The zero-order chi connectivity index (χ0) is 13.8. The van der Waals surface area contributed by atoms with Gasteiger partial charge in [-0.3, -0.25) is 9.69 Å². The molecular weight excluding hydrogens is 242 g/mol. The van der Waals surface area contributed by atoms with Crippen LogP contribution >= 0.6 is 0 Å². The molecule has 0 amide bonds. The molecule has 19 heavy (non-hydrogen) atoms. The van der Waals surface area contributed by atoms with E-state index in [0.29, 0.717) is 12.5 Å². The van der Waals surface area contributed by atoms with Crippen molar-refractivity contribution in [3.63, 3.8) is 0 Å². The minimum Gasteiger partial charge on any atom is -0.508 e. The number of carbonyl (C=O) groups is 1. The maximum absolute atomic E-state index is 11.4. The number of aliphatic carboxylic acids is 1. The lowest BCUT2D eigenvalue weighted by molar-refractivity contribution is -0.145. The molecule has 104 valence electrons. The molecule has 0 saturated carbocycles. The van der Waals surface area contributed by atoms with E-state index in [9.17, 15) is 15.0 Å². The van der Waals surface area contributed by atoms with Gasteiger partial charge in [0.05, 0.1) is 0 Å². The third-order valence-electron chi connectivity index (χ3n) is 3.98. The van der Waals surface area contributed by atoms with Gasteiger partial charge < -0.3 is 10.2 Å². The predicted molar refractivity (Wildman–Crippen MR) is 73.0 cm³/mol. The zero-order valence-electron chi connectivity index (χ0n) is 11.2. The third-order valence-corrected chi connectivity index (χ3v) is 3.98. The van der Waals surface area contributed by atoms with Crippen LogP contribution in [0, 0.1) is 5.92 Å². The van der Waals surface area contributed by atoms with Gasteiger partial charge in [0.2, 0.25) is 0 Å². The van der Waals surface area contributed by atoms with Crippen LogP contribution in [0.25, 0.3) is 0 Å². The van der Waals surface area contributed by atoms with Gasteiger partial charge in [-0.25, -0.2) is 0 Å². The number of phenols is 1. The number of piperidine rings is 1. The van der Waals surface area contributed by atoms with Crippen molar-refractivity contribution in [3.05, 3.63) is 29.8 Å². The molecule has 4 nitrogen and oxygen atoms in total. The van der Waals surface area contributed by atoms with Gasteiger partial charge in [-0.05, 0) is 43.0 Å². The summed E-state index contributed by atoms with van der Waals surface area (Å²) in [6.07, 6.45) is 2.83. The van der Waals surface area contributed by atoms with Crippen LogP contribution in [0.2, 0.25) is 0 Å². The molecule has 2 rings (SSSR count). The standard InChI is InChI=1S/C15H21NO3/c1-2-11-6-7-16(14(9-11)15(18)19)10-12-4-3-5-13(17)8-12/h3-5,8,11,14,17H,2,6-7,9-10H2,1H3,(H,18,19). The number of phenolic OH excluding ortho intramolecular Hbond substituents is 1. The smallest absolute Gasteiger partial charge is 0.320 e. The van der Waals surface area contributed by atoms with Crippen LogP contribution in [0.5, 0.6) is 5.75 Å². The number of nitrogens with zero attached hydrogens (tertiary/aromatic N) is 1. The average Bonchev–Trinajstić information content (AvgIpc) is 2.39. The van der Waals surface area contributed by atoms with Gasteiger partial charge in [0, 0.05) is 6.54 Å². The molecule has 1 aliphatic rings. The molecule has 0 bridgehead atoms. The van der Waals surface area contributed by atoms with Crippen molar-refractivity contribution in [1.82, 2.24) is 4.90 Å². The lowest BCUT2D eigenvalue weighted by atomic mass is 9.88. The van der Waals surface area contributed by atoms with Crippen LogP contribution in [0.4, 0.5) is 0 Å². The number of rotatable bonds is 4. The summed E-state index contributed by atoms with van der Waals surface area (Å²) in [5, 5.41) is 18.8. The second-order valence-electron chi connectivity index (χ2n) is 5.29. The molecular formula is C15H21NO3. The van der Waals surface area contributed by atoms with Crippen molar-refractivity contribution in [1.29, 1.82) is 0 Å². The molecule has 0 radical (unpaired) electrons. The first-order valence-corrected chi connectivity index (χ1v) is 6.85. The monoisotopic (exact) mass is 263 g/mol. The summed E-state index contributed by atoms with van der Waals surface area (Å²) in [7, 11) is 0. The number of carboxylic acid groups (broad SMARTS) is 1. The first kappa shape index (κ1) is 13.9. The van der Waals surface area contributed by atoms with Crippen LogP contribution in [-0.4, -0.2) is 33.7 Å². The first-order valence-electron chi connectivity index (χ1n) is 6.85. The van der Waals surface area contributed by atoms with E-state index in [1.54, 1.807) is 18.2 Å². The summed E-state index contributed by atoms with van der Waals surface area (Å²) in [4.78, 5) is 13.4. The summed E-state index contributed by atoms with van der Waals surface area (Å²) in [5.74, 6) is 0.00708. The zero-order valence-corrected chi connectivity index (χ0v) is 11.2. The van der Waals surface area contributed by atoms with Gasteiger partial charge in [0.25, 0.3) is 0 Å². The Bertz CT molecular complexity index is 447. The summed E-state index contributed by atoms with van der Waals surface area (Å²) in [5.41, 5.74) is 0.959. The van der Waals surface area contributed by atoms with E-state index in [1.807, 2.05) is 11.0 Å². The number of aromatic hydroxyl groups is 1. The minimum absolute atomic E-state index is 0.229. The van der Waals surface area contributed by atoms with Gasteiger partial charge in [0.1, 0.15) is 11.8 Å². The van der Waals surface area contributed by atoms with E-state index in [4.69, 9.17) is 0 Å². The second kappa shape index (κ2) is 6.06. The van der Waals surface area contributed by atoms with Crippen LogP contribution in [0.3, 0.4) is 0 Å². The molecule has 0 spiro atoms. The van der Waals surface area contributed by atoms with Gasteiger partial charge >= 0.3 is 5.97 Å². The Morgan fingerprint density at radius 3 is 2.89 bits per heavy atom. The number of benzene rings is 1. The van der Waals surface area contributed by atoms with E-state index < -0.39 is 12.0 Å². The van der Waals surface area contributed by atoms with Gasteiger partial charge in [-0.2, -0.15) is 0 Å². The Balaban J connectivity index is 2.07. The van der Waals surface area contributed by atoms with Crippen molar-refractivity contribution in [2.45, 2.75) is 38.8 Å². The fourth-order valence-electron chi connectivity index (χ4n) is 2.79. The van der Waals surface area contributed by atoms with Crippen LogP contribution < -0.4 is 0 Å². The van der Waals surface area contributed by atoms with Crippen LogP contribution in [-0.2, 0) is 11.3 Å². The van der Waals surface area contributed by atoms with Crippen molar-refractivity contribution in [3.8, 4) is 5.75 Å². The lowest BCUT2D eigenvalue weighted by Gasteiger charge is -2.36. The SMILES string of the molecule is CCC1CCN(Cc2cccc(O)c2)C(C(=O)O)C1. The topological polar surface area (TPSA) is 60.8 Å². The Hall–Kier alpha value is -1.55. The summed E-state index contributed by atoms with van der Waals surface area (Å²) in [6.45, 7) is 3.52. The van der Waals surface area contributed by atoms with E-state index in [1.165, 1.54) is 0 Å². The average molecular weight is 263 g/mol. The van der Waals surface area contributed by atoms with Crippen LogP contribution in [0.15, 0.2) is 24.3 Å². The first-order chi connectivity index (χ1) is 9.10. The predicted octanol–water partition coefficient (Wildman–Crippen LogP) is 2.47. The van der Waals surface area contributed by atoms with E-state index in [-0.39, 0.29) is 5.75 Å². The lowest BCUT2D eigenvalue weighted by Crippen LogP contribution is -2.46. The largest absolute Gasteiger partial charge is 0.508 e. The summed E-state index contributed by atoms with van der Waals surface area (Å²) < 4.78 is 0. The maximum atomic E-state index is 11.4. The Kier molecular flexibility index (Phi) is 4.43. The number of carboxylic acids is 1. The minimum atomic E-state index is -0.738. The maximum Gasteiger partial charge on any atom is 0.320 e. The van der Waals surface area contributed by atoms with E-state index in [2.05, 4.69) is 6.92 Å². The van der Waals surface area contributed by atoms with E-state index in [0.717, 1.165) is 31.4 Å². The molecule has 0 aromatic heterocycles. The molecule has 1 aromatic rings. The molecule has 2 unspecified atom stereocenters. The van der Waals surface area contributed by atoms with Gasteiger partial charge in [0.15, 0.2) is 0 Å². The fourth-order valence-corrected chi connectivity index (χ4v) is 2.79. The molecule has 2 atom stereocenters. The van der Waals surface area contributed by atoms with Gasteiger partial charge in [-0.1, -0.05) is 25.5 Å². The number of likely N-dealkylation sites (tertiary alicyclic amines) is 1. The number of hydrogen-bond acceptors (Lipinski definition) is 3. The molecule has 1 fully saturated rings. The second-order valence-corrected chi connectivity index (χ2v) is 5.29. The van der Waals surface area contributed by atoms with Crippen molar-refractivity contribution in [2.75, 3.05) is 6.54 Å². The normalized spacial score (nSPS) is 24.3. The highest BCUT2D eigenvalue weighted by molar-refractivity contribution is 5.73. The number of hydrogen-bond donors (Lipinski definition) is 2. The molecule has 0 aliphatic carbocycles. The van der Waals surface area contributed by atoms with E-state index >= 15 is 0 Å². The Morgan fingerprint density at radius 2 is 2.26 bits per heavy atom. The summed E-state index contributed by atoms with van der Waals surface area (Å²) >= 11 is 0. The van der Waals surface area contributed by atoms with Crippen molar-refractivity contribution in [2.24, 2.45) is 5.92 Å². The molecule has 1 aliphatic heterocycles. The third kappa shape index (κ3) is 3.47. The molecule has 1 saturated heterocycles. The highest BCUT2D eigenvalue weighted by atomic mass is 16.4. The quantitative estimate of drug-likeness (QED) is 0.876. The highest BCUT2D eigenvalue weighted by Gasteiger charge is 2.32. The molecule has 1 heterocycles. The Labute approximate surface area is 113 Å². The highest BCUT2D eigenvalue weighted by Crippen LogP contribution is 2.27. The summed E-state index contributed by atoms with van der Waals surface area (Å²) in [6, 6.07) is 6.64. The van der Waals surface area contributed by atoms with Gasteiger partial charge in [-0.15, -0.1) is 0 Å². The van der Waals surface area contributed by atoms with Crippen molar-refractivity contribution >= 4 is 5.97 Å². The fraction of sp³-hybridized carbons (Fsp3) is 0.533. The van der Waals surface area contributed by atoms with Crippen LogP contribution in [0.1, 0.15) is 31.7 Å². The van der Waals surface area contributed by atoms with Crippen molar-refractivity contribution < 1.29 is 15.0 Å².